The van der Waals surface area contributed by atoms with Crippen LogP contribution < -0.4 is 9.62 Å². The predicted octanol–water partition coefficient (Wildman–Crippen LogP) is 3.02. The Hall–Kier alpha value is -4.18. The molecule has 0 radical (unpaired) electrons. The van der Waals surface area contributed by atoms with Gasteiger partial charge in [-0.2, -0.15) is 0 Å². The minimum Gasteiger partial charge on any atom is -0.465 e. The van der Waals surface area contributed by atoms with E-state index in [4.69, 9.17) is 4.74 Å². The largest absolute Gasteiger partial charge is 0.465 e. The monoisotopic (exact) mass is 494 g/mol. The molecule has 0 spiro atoms. The van der Waals surface area contributed by atoms with Crippen molar-refractivity contribution in [3.63, 3.8) is 0 Å². The zero-order valence-electron chi connectivity index (χ0n) is 18.8. The van der Waals surface area contributed by atoms with Crippen molar-refractivity contribution in [2.45, 2.75) is 11.3 Å². The van der Waals surface area contributed by atoms with Gasteiger partial charge >= 0.3 is 11.9 Å². The summed E-state index contributed by atoms with van der Waals surface area (Å²) in [6.45, 7) is -0.286. The number of hydrogen-bond acceptors (Lipinski definition) is 7. The summed E-state index contributed by atoms with van der Waals surface area (Å²) in [5.41, 5.74) is 2.14. The van der Waals surface area contributed by atoms with Gasteiger partial charge in [0.2, 0.25) is 0 Å². The third-order valence-corrected chi connectivity index (χ3v) is 7.21. The Morgan fingerprint density at radius 2 is 1.63 bits per heavy atom. The molecule has 9 nitrogen and oxygen atoms in total. The molecule has 1 amide bonds. The lowest BCUT2D eigenvalue weighted by Crippen LogP contribution is -2.29. The normalized spacial score (nSPS) is 12.5. The van der Waals surface area contributed by atoms with E-state index in [1.54, 1.807) is 24.3 Å². The van der Waals surface area contributed by atoms with E-state index >= 15 is 0 Å². The number of sulfonamides is 1. The first-order chi connectivity index (χ1) is 16.8. The summed E-state index contributed by atoms with van der Waals surface area (Å²) in [7, 11) is -2.64. The Morgan fingerprint density at radius 1 is 0.914 bits per heavy atom. The molecule has 3 aromatic rings. The molecule has 1 aliphatic rings. The molecule has 0 aliphatic carbocycles. The first-order valence-electron chi connectivity index (χ1n) is 10.7. The number of rotatable bonds is 7. The minimum absolute atomic E-state index is 0.000884. The van der Waals surface area contributed by atoms with Crippen molar-refractivity contribution in [2.75, 3.05) is 29.9 Å². The number of carbonyl (C=O) groups excluding carboxylic acids is 3. The Morgan fingerprint density at radius 3 is 2.40 bits per heavy atom. The average Bonchev–Trinajstić information content (AvgIpc) is 3.32. The molecule has 1 heterocycles. The molecule has 35 heavy (non-hydrogen) atoms. The maximum absolute atomic E-state index is 13.2. The number of para-hydroxylation sites is 1. The Balaban J connectivity index is 1.41. The molecule has 4 rings (SSSR count). The van der Waals surface area contributed by atoms with Crippen molar-refractivity contribution in [3.8, 4) is 0 Å². The van der Waals surface area contributed by atoms with Gasteiger partial charge in [-0.3, -0.25) is 9.10 Å². The van der Waals surface area contributed by atoms with E-state index in [-0.39, 0.29) is 16.0 Å². The zero-order valence-corrected chi connectivity index (χ0v) is 19.6. The molecule has 0 bridgehead atoms. The molecule has 10 heteroatoms. The van der Waals surface area contributed by atoms with Crippen LogP contribution in [0, 0.1) is 0 Å². The summed E-state index contributed by atoms with van der Waals surface area (Å²) >= 11 is 0. The summed E-state index contributed by atoms with van der Waals surface area (Å²) < 4.78 is 37.5. The van der Waals surface area contributed by atoms with Gasteiger partial charge in [0.1, 0.15) is 0 Å². The first kappa shape index (κ1) is 24.0. The maximum atomic E-state index is 13.2. The standard InChI is InChI=1S/C25H22N2O7S/c1-33-24(29)18-7-4-9-20(14-18)26-23(28)16-34-25(30)19-8-5-10-21(15-19)35(31,32)27-13-12-17-6-2-3-11-22(17)27/h2-11,14-15H,12-13,16H2,1H3,(H,26,28). The van der Waals surface area contributed by atoms with Crippen molar-refractivity contribution >= 4 is 39.2 Å². The van der Waals surface area contributed by atoms with Crippen LogP contribution in [0.2, 0.25) is 0 Å². The predicted molar refractivity (Wildman–Crippen MR) is 128 cm³/mol. The fourth-order valence-electron chi connectivity index (χ4n) is 3.72. The Bertz CT molecular complexity index is 1400. The maximum Gasteiger partial charge on any atom is 0.338 e. The summed E-state index contributed by atoms with van der Waals surface area (Å²) in [5, 5.41) is 2.52. The van der Waals surface area contributed by atoms with Gasteiger partial charge in [-0.15, -0.1) is 0 Å². The van der Waals surface area contributed by atoms with Gasteiger partial charge in [-0.1, -0.05) is 30.3 Å². The average molecular weight is 495 g/mol. The van der Waals surface area contributed by atoms with Crippen molar-refractivity contribution in [1.82, 2.24) is 0 Å². The molecule has 0 atom stereocenters. The van der Waals surface area contributed by atoms with Crippen LogP contribution >= 0.6 is 0 Å². The van der Waals surface area contributed by atoms with Crippen LogP contribution in [-0.4, -0.2) is 46.5 Å². The number of anilines is 2. The van der Waals surface area contributed by atoms with E-state index in [0.717, 1.165) is 5.56 Å². The van der Waals surface area contributed by atoms with Crippen LogP contribution in [0.15, 0.2) is 77.7 Å². The third-order valence-electron chi connectivity index (χ3n) is 5.40. The number of nitrogens with zero attached hydrogens (tertiary/aromatic N) is 1. The fourth-order valence-corrected chi connectivity index (χ4v) is 5.27. The third kappa shape index (κ3) is 5.17. The van der Waals surface area contributed by atoms with E-state index in [2.05, 4.69) is 10.1 Å². The number of benzene rings is 3. The second-order valence-corrected chi connectivity index (χ2v) is 9.54. The molecule has 0 saturated carbocycles. The van der Waals surface area contributed by atoms with Crippen LogP contribution in [0.25, 0.3) is 0 Å². The molecule has 0 unspecified atom stereocenters. The van der Waals surface area contributed by atoms with E-state index < -0.39 is 34.5 Å². The molecular formula is C25H22N2O7S. The van der Waals surface area contributed by atoms with Gasteiger partial charge < -0.3 is 14.8 Å². The molecule has 0 fully saturated rings. The van der Waals surface area contributed by atoms with Gasteiger partial charge in [0.25, 0.3) is 15.9 Å². The number of amides is 1. The molecule has 0 aromatic heterocycles. The number of methoxy groups -OCH3 is 1. The van der Waals surface area contributed by atoms with Crippen LogP contribution in [-0.2, 0) is 30.7 Å². The topological polar surface area (TPSA) is 119 Å². The number of fused-ring (bicyclic) bond motifs is 1. The SMILES string of the molecule is COC(=O)c1cccc(NC(=O)COC(=O)c2cccc(S(=O)(=O)N3CCc4ccccc43)c2)c1. The van der Waals surface area contributed by atoms with Gasteiger partial charge in [0, 0.05) is 12.2 Å². The summed E-state index contributed by atoms with van der Waals surface area (Å²) in [6.07, 6.45) is 0.606. The van der Waals surface area contributed by atoms with Crippen LogP contribution in [0.5, 0.6) is 0 Å². The van der Waals surface area contributed by atoms with E-state index in [9.17, 15) is 22.8 Å². The Kier molecular flexibility index (Phi) is 6.83. The smallest absolute Gasteiger partial charge is 0.338 e. The van der Waals surface area contributed by atoms with Crippen molar-refractivity contribution < 1.29 is 32.3 Å². The summed E-state index contributed by atoms with van der Waals surface area (Å²) in [5.74, 6) is -2.03. The number of hydrogen-bond donors (Lipinski definition) is 1. The second kappa shape index (κ2) is 9.98. The first-order valence-corrected chi connectivity index (χ1v) is 12.1. The lowest BCUT2D eigenvalue weighted by atomic mass is 10.2. The van der Waals surface area contributed by atoms with Crippen LogP contribution in [0.3, 0.4) is 0 Å². The number of ether oxygens (including phenoxy) is 2. The van der Waals surface area contributed by atoms with Gasteiger partial charge in [0.15, 0.2) is 6.61 Å². The molecular weight excluding hydrogens is 472 g/mol. The van der Waals surface area contributed by atoms with Crippen LogP contribution in [0.4, 0.5) is 11.4 Å². The Labute approximate surface area is 202 Å². The quantitative estimate of drug-likeness (QED) is 0.502. The van der Waals surface area contributed by atoms with Gasteiger partial charge in [-0.25, -0.2) is 18.0 Å². The van der Waals surface area contributed by atoms with E-state index in [1.807, 2.05) is 12.1 Å². The number of nitrogens with one attached hydrogen (secondary N) is 1. The van der Waals surface area contributed by atoms with Crippen molar-refractivity contribution in [1.29, 1.82) is 0 Å². The lowest BCUT2D eigenvalue weighted by Gasteiger charge is -2.19. The van der Waals surface area contributed by atoms with Crippen molar-refractivity contribution in [2.24, 2.45) is 0 Å². The minimum atomic E-state index is -3.88. The van der Waals surface area contributed by atoms with E-state index in [0.29, 0.717) is 24.3 Å². The number of esters is 2. The fraction of sp³-hybridized carbons (Fsp3) is 0.160. The highest BCUT2D eigenvalue weighted by atomic mass is 32.2. The molecule has 1 aliphatic heterocycles. The highest BCUT2D eigenvalue weighted by molar-refractivity contribution is 7.92. The number of carbonyl (C=O) groups is 3. The summed E-state index contributed by atoms with van der Waals surface area (Å²) in [6, 6.07) is 18.9. The molecule has 1 N–H and O–H groups in total. The molecule has 180 valence electrons. The highest BCUT2D eigenvalue weighted by Crippen LogP contribution is 2.32. The van der Waals surface area contributed by atoms with Gasteiger partial charge in [0.05, 0.1) is 28.8 Å². The molecule has 0 saturated heterocycles. The van der Waals surface area contributed by atoms with Crippen LogP contribution in [0.1, 0.15) is 26.3 Å². The summed E-state index contributed by atoms with van der Waals surface area (Å²) in [4.78, 5) is 36.3. The second-order valence-electron chi connectivity index (χ2n) is 7.68. The lowest BCUT2D eigenvalue weighted by molar-refractivity contribution is -0.119. The van der Waals surface area contributed by atoms with Gasteiger partial charge in [-0.05, 0) is 54.4 Å². The highest BCUT2D eigenvalue weighted by Gasteiger charge is 2.31. The van der Waals surface area contributed by atoms with E-state index in [1.165, 1.54) is 47.8 Å². The van der Waals surface area contributed by atoms with Crippen molar-refractivity contribution in [3.05, 3.63) is 89.5 Å². The molecule has 3 aromatic carbocycles. The zero-order chi connectivity index (χ0) is 25.0.